The second-order valence-corrected chi connectivity index (χ2v) is 10.6. The quantitative estimate of drug-likeness (QED) is 0.280. The summed E-state index contributed by atoms with van der Waals surface area (Å²) in [6, 6.07) is -1.62. The van der Waals surface area contributed by atoms with Crippen LogP contribution in [0.1, 0.15) is 65.4 Å². The molecule has 5 atom stereocenters. The third-order valence-electron chi connectivity index (χ3n) is 7.14. The van der Waals surface area contributed by atoms with Gasteiger partial charge in [-0.25, -0.2) is 23.2 Å². The van der Waals surface area contributed by atoms with E-state index < -0.39 is 59.7 Å². The van der Waals surface area contributed by atoms with Crippen molar-refractivity contribution in [2.45, 2.75) is 90.4 Å². The molecular formula is C29H42F2N4O7. The van der Waals surface area contributed by atoms with E-state index in [1.165, 1.54) is 18.7 Å². The molecule has 2 unspecified atom stereocenters. The van der Waals surface area contributed by atoms with Crippen LogP contribution in [0.3, 0.4) is 0 Å². The largest absolute Gasteiger partial charge is 0.467 e. The fourth-order valence-corrected chi connectivity index (χ4v) is 4.92. The van der Waals surface area contributed by atoms with Gasteiger partial charge in [0.25, 0.3) is 0 Å². The summed E-state index contributed by atoms with van der Waals surface area (Å²) in [6.07, 6.45) is 2.18. The van der Waals surface area contributed by atoms with Crippen LogP contribution in [0.15, 0.2) is 18.2 Å². The van der Waals surface area contributed by atoms with Crippen molar-refractivity contribution in [1.82, 2.24) is 20.9 Å². The van der Waals surface area contributed by atoms with E-state index in [0.29, 0.717) is 44.3 Å². The molecule has 1 heterocycles. The molecule has 1 aromatic carbocycles. The highest BCUT2D eigenvalue weighted by Crippen LogP contribution is 2.20. The first kappa shape index (κ1) is 34.4. The lowest BCUT2D eigenvalue weighted by atomic mass is 10.0. The van der Waals surface area contributed by atoms with Gasteiger partial charge in [-0.3, -0.25) is 9.59 Å². The first-order chi connectivity index (χ1) is 19.9. The number of amides is 4. The highest BCUT2D eigenvalue weighted by Gasteiger charge is 2.38. The molecule has 1 fully saturated rings. The molecule has 0 spiro atoms. The lowest BCUT2D eigenvalue weighted by Gasteiger charge is -2.28. The van der Waals surface area contributed by atoms with E-state index in [1.807, 2.05) is 0 Å². The summed E-state index contributed by atoms with van der Waals surface area (Å²) in [6.45, 7) is 7.57. The Hall–Kier alpha value is -3.77. The molecule has 234 valence electrons. The molecule has 11 nitrogen and oxygen atoms in total. The van der Waals surface area contributed by atoms with Gasteiger partial charge in [0.15, 0.2) is 6.04 Å². The number of methoxy groups -OCH3 is 1. The number of hydrogen-bond acceptors (Lipinski definition) is 7. The van der Waals surface area contributed by atoms with E-state index >= 15 is 0 Å². The van der Waals surface area contributed by atoms with Gasteiger partial charge in [-0.1, -0.05) is 26.7 Å². The predicted octanol–water partition coefficient (Wildman–Crippen LogP) is 2.60. The third kappa shape index (κ3) is 10.6. The number of hydrogen-bond donors (Lipinski definition) is 3. The Labute approximate surface area is 245 Å². The fraction of sp³-hybridized carbons (Fsp3) is 0.621. The Bertz CT molecular complexity index is 1100. The van der Waals surface area contributed by atoms with Gasteiger partial charge in [-0.15, -0.1) is 0 Å². The van der Waals surface area contributed by atoms with Crippen LogP contribution in [0.5, 0.6) is 0 Å². The summed E-state index contributed by atoms with van der Waals surface area (Å²) < 4.78 is 38.0. The summed E-state index contributed by atoms with van der Waals surface area (Å²) in [5.74, 6) is -4.18. The maximum absolute atomic E-state index is 13.9. The molecule has 0 radical (unpaired) electrons. The second kappa shape index (κ2) is 16.6. The van der Waals surface area contributed by atoms with Crippen molar-refractivity contribution in [2.75, 3.05) is 20.2 Å². The topological polar surface area (TPSA) is 143 Å². The van der Waals surface area contributed by atoms with E-state index in [0.717, 1.165) is 32.1 Å². The first-order valence-corrected chi connectivity index (χ1v) is 14.2. The average molecular weight is 597 g/mol. The number of nitrogens with zero attached hydrogens (tertiary/aromatic N) is 1. The monoisotopic (exact) mass is 596 g/mol. The minimum absolute atomic E-state index is 0.0872. The van der Waals surface area contributed by atoms with Crippen LogP contribution < -0.4 is 16.0 Å². The Balaban J connectivity index is 2.19. The summed E-state index contributed by atoms with van der Waals surface area (Å²) in [5.41, 5.74) is 0.0872. The number of halogens is 2. The van der Waals surface area contributed by atoms with E-state index in [2.05, 4.69) is 29.8 Å². The molecule has 1 saturated heterocycles. The molecule has 1 aromatic rings. The predicted molar refractivity (Wildman–Crippen MR) is 149 cm³/mol. The van der Waals surface area contributed by atoms with Gasteiger partial charge < -0.3 is 30.3 Å². The molecular weight excluding hydrogens is 554 g/mol. The van der Waals surface area contributed by atoms with E-state index in [-0.39, 0.29) is 17.9 Å². The van der Waals surface area contributed by atoms with Crippen LogP contribution in [-0.2, 0) is 35.1 Å². The van der Waals surface area contributed by atoms with E-state index in [9.17, 15) is 32.8 Å². The Morgan fingerprint density at radius 2 is 1.71 bits per heavy atom. The molecule has 4 amide bonds. The average Bonchev–Trinajstić information content (AvgIpc) is 3.41. The molecule has 0 aliphatic carbocycles. The van der Waals surface area contributed by atoms with Crippen molar-refractivity contribution < 1.29 is 42.2 Å². The molecule has 0 saturated carbocycles. The number of esters is 2. The van der Waals surface area contributed by atoms with Crippen molar-refractivity contribution in [3.05, 3.63) is 35.4 Å². The molecule has 13 heteroatoms. The normalized spacial score (nSPS) is 17.4. The van der Waals surface area contributed by atoms with Gasteiger partial charge in [0.05, 0.1) is 7.11 Å². The van der Waals surface area contributed by atoms with Crippen LogP contribution in [0.4, 0.5) is 13.6 Å². The zero-order chi connectivity index (χ0) is 31.4. The standard InChI is InChI=1S/C29H42F2N4O7/c1-6-8-17(2)10-11-32-29(40)33-23(15-20-13-21(30)16-22(31)14-20)26(37)34-25(28(39)41-5)18(3)42-27(38)24-9-7-12-35(24)19(4)36/h13-14,16-18,23-25H,6-12,15H2,1-5H3,(H,34,37)(H2,32,33,40)/t17?,18-,23+,24?,25+/m1/s1. The van der Waals surface area contributed by atoms with Gasteiger partial charge in [0, 0.05) is 32.5 Å². The number of ether oxygens (including phenoxy) is 2. The molecule has 0 aromatic heterocycles. The number of nitrogens with one attached hydrogen (secondary N) is 3. The van der Waals surface area contributed by atoms with Gasteiger partial charge in [0.2, 0.25) is 11.8 Å². The minimum atomic E-state index is -1.48. The number of rotatable bonds is 14. The van der Waals surface area contributed by atoms with Gasteiger partial charge in [0.1, 0.15) is 29.8 Å². The SMILES string of the molecule is CCCC(C)CCNC(=O)N[C@@H](Cc1cc(F)cc(F)c1)C(=O)N[C@H](C(=O)OC)[C@@H](C)OC(=O)C1CCCN1C(C)=O. The minimum Gasteiger partial charge on any atom is -0.467 e. The highest BCUT2D eigenvalue weighted by molar-refractivity contribution is 5.91. The lowest BCUT2D eigenvalue weighted by molar-refractivity contribution is -0.163. The first-order valence-electron chi connectivity index (χ1n) is 14.2. The molecule has 2 rings (SSSR count). The molecule has 1 aliphatic heterocycles. The Morgan fingerprint density at radius 3 is 2.31 bits per heavy atom. The Morgan fingerprint density at radius 1 is 1.05 bits per heavy atom. The third-order valence-corrected chi connectivity index (χ3v) is 7.14. The smallest absolute Gasteiger partial charge is 0.332 e. The van der Waals surface area contributed by atoms with Gasteiger partial charge in [-0.2, -0.15) is 0 Å². The summed E-state index contributed by atoms with van der Waals surface area (Å²) in [7, 11) is 1.09. The molecule has 3 N–H and O–H groups in total. The van der Waals surface area contributed by atoms with Gasteiger partial charge >= 0.3 is 18.0 Å². The van der Waals surface area contributed by atoms with Crippen molar-refractivity contribution in [3.63, 3.8) is 0 Å². The van der Waals surface area contributed by atoms with E-state index in [4.69, 9.17) is 9.47 Å². The van der Waals surface area contributed by atoms with Gasteiger partial charge in [-0.05, 0) is 49.8 Å². The van der Waals surface area contributed by atoms with E-state index in [1.54, 1.807) is 0 Å². The number of benzene rings is 1. The van der Waals surface area contributed by atoms with Crippen LogP contribution in [0, 0.1) is 17.6 Å². The number of carbonyl (C=O) groups excluding carboxylic acids is 5. The molecule has 0 bridgehead atoms. The van der Waals surface area contributed by atoms with Crippen LogP contribution >= 0.6 is 0 Å². The highest BCUT2D eigenvalue weighted by atomic mass is 19.1. The van der Waals surface area contributed by atoms with Crippen molar-refractivity contribution in [2.24, 2.45) is 5.92 Å². The van der Waals surface area contributed by atoms with Crippen molar-refractivity contribution >= 4 is 29.8 Å². The number of urea groups is 1. The molecule has 1 aliphatic rings. The summed E-state index contributed by atoms with van der Waals surface area (Å²) >= 11 is 0. The zero-order valence-electron chi connectivity index (χ0n) is 24.8. The second-order valence-electron chi connectivity index (χ2n) is 10.6. The van der Waals surface area contributed by atoms with Crippen molar-refractivity contribution in [3.8, 4) is 0 Å². The molecule has 42 heavy (non-hydrogen) atoms. The summed E-state index contributed by atoms with van der Waals surface area (Å²) in [4.78, 5) is 64.8. The van der Waals surface area contributed by atoms with Crippen LogP contribution in [0.25, 0.3) is 0 Å². The zero-order valence-corrected chi connectivity index (χ0v) is 24.8. The van der Waals surface area contributed by atoms with Crippen molar-refractivity contribution in [1.29, 1.82) is 0 Å². The maximum atomic E-state index is 13.9. The lowest BCUT2D eigenvalue weighted by Crippen LogP contribution is -2.57. The number of carbonyl (C=O) groups is 5. The maximum Gasteiger partial charge on any atom is 0.332 e. The van der Waals surface area contributed by atoms with Crippen LogP contribution in [0.2, 0.25) is 0 Å². The van der Waals surface area contributed by atoms with Crippen LogP contribution in [-0.4, -0.2) is 79.1 Å². The number of likely N-dealkylation sites (tertiary alicyclic amines) is 1. The fourth-order valence-electron chi connectivity index (χ4n) is 4.92. The summed E-state index contributed by atoms with van der Waals surface area (Å²) in [5, 5.41) is 7.62. The Kier molecular flexibility index (Phi) is 13.6.